The molecule has 0 radical (unpaired) electrons. The number of nitrogens with zero attached hydrogens (tertiary/aromatic N) is 3. The van der Waals surface area contributed by atoms with Gasteiger partial charge in [-0.15, -0.1) is 0 Å². The van der Waals surface area contributed by atoms with E-state index < -0.39 is 21.2 Å². The fraction of sp³-hybridized carbons (Fsp3) is 0.261. The molecule has 0 aliphatic rings. The Bertz CT molecular complexity index is 1570. The van der Waals surface area contributed by atoms with Gasteiger partial charge < -0.3 is 13.9 Å². The fourth-order valence-electron chi connectivity index (χ4n) is 3.76. The van der Waals surface area contributed by atoms with E-state index in [0.717, 1.165) is 5.56 Å². The summed E-state index contributed by atoms with van der Waals surface area (Å²) in [6, 6.07) is 6.46. The van der Waals surface area contributed by atoms with Gasteiger partial charge in [0.05, 0.1) is 24.3 Å². The molecule has 0 amide bonds. The van der Waals surface area contributed by atoms with Gasteiger partial charge in [0.25, 0.3) is 10.0 Å². The Morgan fingerprint density at radius 1 is 1.21 bits per heavy atom. The number of ether oxygens (including phenoxy) is 2. The average Bonchev–Trinajstić information content (AvgIpc) is 3.21. The SMILES string of the molecule is COc1ccc(O[C@H](C)c2cc(C)cc3c(=O)c(C)c(-c4cnn(C)c4)oc23)c(S(N)(=O)=O)n1. The summed E-state index contributed by atoms with van der Waals surface area (Å²) >= 11 is 0. The maximum Gasteiger partial charge on any atom is 0.259 e. The zero-order valence-electron chi connectivity index (χ0n) is 19.3. The molecule has 0 fully saturated rings. The number of primary sulfonamides is 1. The average molecular weight is 485 g/mol. The van der Waals surface area contributed by atoms with Gasteiger partial charge in [-0.3, -0.25) is 9.48 Å². The number of benzene rings is 1. The standard InChI is InChI=1S/C23H24N4O6S/c1-12-8-16(14(3)32-18-6-7-19(31-5)26-23(18)34(24,29)30)22-17(9-12)20(28)13(2)21(33-22)15-10-25-27(4)11-15/h6-11,14H,1-5H3,(H2,24,29,30)/t14-/m1/s1. The van der Waals surface area contributed by atoms with Crippen LogP contribution in [0.25, 0.3) is 22.3 Å². The van der Waals surface area contributed by atoms with Crippen molar-refractivity contribution in [1.29, 1.82) is 0 Å². The van der Waals surface area contributed by atoms with Gasteiger partial charge in [0.1, 0.15) is 17.4 Å². The summed E-state index contributed by atoms with van der Waals surface area (Å²) in [7, 11) is -1.06. The third-order valence-corrected chi connectivity index (χ3v) is 6.21. The van der Waals surface area contributed by atoms with E-state index in [1.54, 1.807) is 44.0 Å². The van der Waals surface area contributed by atoms with Crippen molar-refractivity contribution in [2.75, 3.05) is 7.11 Å². The minimum Gasteiger partial charge on any atom is -0.483 e. The van der Waals surface area contributed by atoms with Crippen molar-refractivity contribution in [2.45, 2.75) is 31.9 Å². The van der Waals surface area contributed by atoms with Crippen LogP contribution in [0.5, 0.6) is 11.6 Å². The monoisotopic (exact) mass is 484 g/mol. The van der Waals surface area contributed by atoms with E-state index >= 15 is 0 Å². The number of hydrogen-bond acceptors (Lipinski definition) is 8. The number of aromatic nitrogens is 3. The Morgan fingerprint density at radius 2 is 1.94 bits per heavy atom. The smallest absolute Gasteiger partial charge is 0.259 e. The summed E-state index contributed by atoms with van der Waals surface area (Å²) in [5.74, 6) is 0.430. The molecular weight excluding hydrogens is 460 g/mol. The summed E-state index contributed by atoms with van der Waals surface area (Å²) in [5.41, 5.74) is 2.67. The number of sulfonamides is 1. The molecule has 0 aliphatic carbocycles. The molecule has 4 aromatic rings. The van der Waals surface area contributed by atoms with E-state index in [1.807, 2.05) is 13.0 Å². The summed E-state index contributed by atoms with van der Waals surface area (Å²) in [6.45, 7) is 5.27. The Kier molecular flexibility index (Phi) is 5.92. The summed E-state index contributed by atoms with van der Waals surface area (Å²) < 4.78 is 43.1. The van der Waals surface area contributed by atoms with Crippen molar-refractivity contribution in [3.8, 4) is 23.0 Å². The van der Waals surface area contributed by atoms with Crippen molar-refractivity contribution in [2.24, 2.45) is 12.2 Å². The van der Waals surface area contributed by atoms with Crippen LogP contribution in [-0.2, 0) is 17.1 Å². The molecule has 11 heteroatoms. The second-order valence-electron chi connectivity index (χ2n) is 7.98. The lowest BCUT2D eigenvalue weighted by atomic mass is 10.0. The zero-order chi connectivity index (χ0) is 24.8. The van der Waals surface area contributed by atoms with Crippen molar-refractivity contribution in [3.05, 3.63) is 63.6 Å². The maximum absolute atomic E-state index is 13.2. The van der Waals surface area contributed by atoms with Gasteiger partial charge in [-0.05, 0) is 44.5 Å². The van der Waals surface area contributed by atoms with E-state index in [0.29, 0.717) is 33.4 Å². The molecule has 0 saturated carbocycles. The van der Waals surface area contributed by atoms with E-state index in [4.69, 9.17) is 19.0 Å². The van der Waals surface area contributed by atoms with Gasteiger partial charge in [-0.25, -0.2) is 13.6 Å². The van der Waals surface area contributed by atoms with Gasteiger partial charge in [0, 0.05) is 30.4 Å². The predicted molar refractivity (Wildman–Crippen MR) is 125 cm³/mol. The Balaban J connectivity index is 1.88. The molecule has 0 saturated heterocycles. The van der Waals surface area contributed by atoms with Crippen LogP contribution in [0.15, 0.2) is 50.9 Å². The number of aryl methyl sites for hydroxylation is 2. The maximum atomic E-state index is 13.2. The molecule has 4 rings (SSSR count). The second kappa shape index (κ2) is 8.58. The van der Waals surface area contributed by atoms with Crippen LogP contribution in [0.1, 0.15) is 29.7 Å². The van der Waals surface area contributed by atoms with Crippen LogP contribution in [0, 0.1) is 13.8 Å². The molecule has 1 atom stereocenters. The van der Waals surface area contributed by atoms with E-state index in [-0.39, 0.29) is 17.1 Å². The predicted octanol–water partition coefficient (Wildman–Crippen LogP) is 3.00. The highest BCUT2D eigenvalue weighted by Gasteiger charge is 2.24. The third-order valence-electron chi connectivity index (χ3n) is 5.38. The first-order chi connectivity index (χ1) is 16.0. The molecular formula is C23H24N4O6S. The molecule has 0 spiro atoms. The normalized spacial score (nSPS) is 12.6. The molecule has 1 aromatic carbocycles. The highest BCUT2D eigenvalue weighted by Crippen LogP contribution is 2.34. The molecule has 3 heterocycles. The number of fused-ring (bicyclic) bond motifs is 1. The van der Waals surface area contributed by atoms with Crippen LogP contribution in [-0.4, -0.2) is 30.3 Å². The van der Waals surface area contributed by atoms with Crippen molar-refractivity contribution in [1.82, 2.24) is 14.8 Å². The van der Waals surface area contributed by atoms with Crippen LogP contribution in [0.2, 0.25) is 0 Å². The molecule has 10 nitrogen and oxygen atoms in total. The first kappa shape index (κ1) is 23.5. The Labute approximate surface area is 196 Å². The van der Waals surface area contributed by atoms with E-state index in [9.17, 15) is 13.2 Å². The third kappa shape index (κ3) is 4.27. The second-order valence-corrected chi connectivity index (χ2v) is 9.46. The van der Waals surface area contributed by atoms with Crippen molar-refractivity contribution in [3.63, 3.8) is 0 Å². The number of nitrogens with two attached hydrogens (primary N) is 1. The Hall–Kier alpha value is -3.70. The minimum atomic E-state index is -4.20. The lowest BCUT2D eigenvalue weighted by molar-refractivity contribution is 0.218. The van der Waals surface area contributed by atoms with Crippen LogP contribution >= 0.6 is 0 Å². The largest absolute Gasteiger partial charge is 0.483 e. The number of pyridine rings is 1. The first-order valence-electron chi connectivity index (χ1n) is 10.3. The van der Waals surface area contributed by atoms with Crippen LogP contribution in [0.4, 0.5) is 0 Å². The summed E-state index contributed by atoms with van der Waals surface area (Å²) in [5, 5.41) is 9.45. The quantitative estimate of drug-likeness (QED) is 0.440. The van der Waals surface area contributed by atoms with E-state index in [1.165, 1.54) is 19.2 Å². The highest BCUT2D eigenvalue weighted by atomic mass is 32.2. The lowest BCUT2D eigenvalue weighted by Gasteiger charge is -2.19. The van der Waals surface area contributed by atoms with Gasteiger partial charge in [-0.2, -0.15) is 10.1 Å². The van der Waals surface area contributed by atoms with Crippen molar-refractivity contribution >= 4 is 21.0 Å². The molecule has 178 valence electrons. The topological polar surface area (TPSA) is 140 Å². The highest BCUT2D eigenvalue weighted by molar-refractivity contribution is 7.89. The van der Waals surface area contributed by atoms with E-state index in [2.05, 4.69) is 10.1 Å². The summed E-state index contributed by atoms with van der Waals surface area (Å²) in [6.07, 6.45) is 2.66. The molecule has 0 aliphatic heterocycles. The summed E-state index contributed by atoms with van der Waals surface area (Å²) in [4.78, 5) is 17.2. The first-order valence-corrected chi connectivity index (χ1v) is 11.9. The number of hydrogen-bond donors (Lipinski definition) is 1. The molecule has 2 N–H and O–H groups in total. The number of rotatable bonds is 6. The lowest BCUT2D eigenvalue weighted by Crippen LogP contribution is -2.17. The molecule has 34 heavy (non-hydrogen) atoms. The molecule has 0 unspecified atom stereocenters. The van der Waals surface area contributed by atoms with Gasteiger partial charge >= 0.3 is 0 Å². The van der Waals surface area contributed by atoms with Crippen LogP contribution in [0.3, 0.4) is 0 Å². The minimum absolute atomic E-state index is 0.0487. The fourth-order valence-corrected chi connectivity index (χ4v) is 4.37. The van der Waals surface area contributed by atoms with Gasteiger partial charge in [0.15, 0.2) is 11.2 Å². The van der Waals surface area contributed by atoms with Crippen LogP contribution < -0.4 is 20.0 Å². The Morgan fingerprint density at radius 3 is 2.56 bits per heavy atom. The molecule has 3 aromatic heterocycles. The number of methoxy groups -OCH3 is 1. The zero-order valence-corrected chi connectivity index (χ0v) is 20.1. The van der Waals surface area contributed by atoms with Crippen molar-refractivity contribution < 1.29 is 22.3 Å². The van der Waals surface area contributed by atoms with Gasteiger partial charge in [-0.1, -0.05) is 0 Å². The van der Waals surface area contributed by atoms with Gasteiger partial charge in [0.2, 0.25) is 10.9 Å². The molecule has 0 bridgehead atoms.